The number of nitrogens with zero attached hydrogens (tertiary/aromatic N) is 1. The van der Waals surface area contributed by atoms with Crippen LogP contribution < -0.4 is 0 Å². The SMILES string of the molecule is CSCCC(Cl)C#N. The Kier molecular flexibility index (Phi) is 5.36. The molecule has 0 N–H and O–H groups in total. The van der Waals surface area contributed by atoms with Crippen molar-refractivity contribution < 1.29 is 0 Å². The van der Waals surface area contributed by atoms with Crippen LogP contribution in [0.4, 0.5) is 0 Å². The highest BCUT2D eigenvalue weighted by Gasteiger charge is 1.98. The average molecular weight is 150 g/mol. The number of alkyl halides is 1. The average Bonchev–Trinajstić information content (AvgIpc) is 1.83. The Morgan fingerprint density at radius 3 is 2.88 bits per heavy atom. The van der Waals surface area contributed by atoms with E-state index in [0.29, 0.717) is 0 Å². The van der Waals surface area contributed by atoms with Crippen molar-refractivity contribution in [3.8, 4) is 6.07 Å². The third kappa shape index (κ3) is 4.29. The molecule has 0 aromatic heterocycles. The number of hydrogen-bond acceptors (Lipinski definition) is 2. The lowest BCUT2D eigenvalue weighted by Crippen LogP contribution is -1.94. The van der Waals surface area contributed by atoms with E-state index in [2.05, 4.69) is 0 Å². The van der Waals surface area contributed by atoms with Crippen LogP contribution in [0.25, 0.3) is 0 Å². The third-order valence-corrected chi connectivity index (χ3v) is 1.68. The molecule has 0 spiro atoms. The second-order valence-corrected chi connectivity index (χ2v) is 2.89. The summed E-state index contributed by atoms with van der Waals surface area (Å²) in [6, 6.07) is 1.95. The third-order valence-electron chi connectivity index (χ3n) is 0.716. The highest BCUT2D eigenvalue weighted by Crippen LogP contribution is 2.04. The predicted octanol–water partition coefficient (Wildman–Crippen LogP) is 1.87. The molecule has 46 valence electrons. The molecule has 0 radical (unpaired) electrons. The molecule has 3 heteroatoms. The summed E-state index contributed by atoms with van der Waals surface area (Å²) in [7, 11) is 0. The predicted molar refractivity (Wildman–Crippen MR) is 38.3 cm³/mol. The number of hydrogen-bond donors (Lipinski definition) is 0. The quantitative estimate of drug-likeness (QED) is 0.572. The lowest BCUT2D eigenvalue weighted by Gasteiger charge is -1.94. The molecule has 0 bridgehead atoms. The van der Waals surface area contributed by atoms with E-state index >= 15 is 0 Å². The minimum Gasteiger partial charge on any atom is -0.197 e. The van der Waals surface area contributed by atoms with Crippen molar-refractivity contribution in [3.63, 3.8) is 0 Å². The summed E-state index contributed by atoms with van der Waals surface area (Å²) in [5.74, 6) is 0.974. The van der Waals surface area contributed by atoms with Crippen LogP contribution in [0.3, 0.4) is 0 Å². The van der Waals surface area contributed by atoms with E-state index in [0.717, 1.165) is 12.2 Å². The summed E-state index contributed by atoms with van der Waals surface area (Å²) >= 11 is 7.18. The van der Waals surface area contributed by atoms with Crippen molar-refractivity contribution in [1.29, 1.82) is 5.26 Å². The smallest absolute Gasteiger partial charge is 0.121 e. The zero-order valence-corrected chi connectivity index (χ0v) is 6.30. The van der Waals surface area contributed by atoms with E-state index in [9.17, 15) is 0 Å². The fourth-order valence-electron chi connectivity index (χ4n) is 0.286. The van der Waals surface area contributed by atoms with Crippen LogP contribution in [0.2, 0.25) is 0 Å². The van der Waals surface area contributed by atoms with Gasteiger partial charge in [0, 0.05) is 0 Å². The molecule has 0 aliphatic heterocycles. The maximum Gasteiger partial charge on any atom is 0.121 e. The molecule has 0 saturated carbocycles. The largest absolute Gasteiger partial charge is 0.197 e. The molecule has 0 aliphatic rings. The minimum atomic E-state index is -0.289. The van der Waals surface area contributed by atoms with Crippen LogP contribution in [0.1, 0.15) is 6.42 Å². The lowest BCUT2D eigenvalue weighted by molar-refractivity contribution is 0.990. The minimum absolute atomic E-state index is 0.289. The molecule has 1 atom stereocenters. The van der Waals surface area contributed by atoms with Crippen molar-refractivity contribution in [1.82, 2.24) is 0 Å². The number of rotatable bonds is 3. The molecule has 1 unspecified atom stereocenters. The standard InChI is InChI=1S/C5H8ClNS/c1-8-3-2-5(6)4-7/h5H,2-3H2,1H3. The first-order valence-electron chi connectivity index (χ1n) is 2.34. The Hall–Kier alpha value is 0.130. The normalized spacial score (nSPS) is 12.6. The van der Waals surface area contributed by atoms with Crippen molar-refractivity contribution in [3.05, 3.63) is 0 Å². The van der Waals surface area contributed by atoms with E-state index in [1.165, 1.54) is 0 Å². The van der Waals surface area contributed by atoms with Gasteiger partial charge in [0.05, 0.1) is 6.07 Å². The van der Waals surface area contributed by atoms with Crippen molar-refractivity contribution in [2.24, 2.45) is 0 Å². The lowest BCUT2D eigenvalue weighted by atomic mass is 10.4. The topological polar surface area (TPSA) is 23.8 Å². The van der Waals surface area contributed by atoms with Gasteiger partial charge < -0.3 is 0 Å². The highest BCUT2D eigenvalue weighted by atomic mass is 35.5. The van der Waals surface area contributed by atoms with Gasteiger partial charge in [-0.3, -0.25) is 0 Å². The fraction of sp³-hybridized carbons (Fsp3) is 0.800. The monoisotopic (exact) mass is 149 g/mol. The van der Waals surface area contributed by atoms with Crippen LogP contribution >= 0.6 is 23.4 Å². The van der Waals surface area contributed by atoms with Gasteiger partial charge in [-0.1, -0.05) is 0 Å². The molecular weight excluding hydrogens is 142 g/mol. The fourth-order valence-corrected chi connectivity index (χ4v) is 0.996. The van der Waals surface area contributed by atoms with Gasteiger partial charge >= 0.3 is 0 Å². The summed E-state index contributed by atoms with van der Waals surface area (Å²) < 4.78 is 0. The van der Waals surface area contributed by atoms with E-state index < -0.39 is 0 Å². The Morgan fingerprint density at radius 1 is 1.88 bits per heavy atom. The summed E-state index contributed by atoms with van der Waals surface area (Å²) in [5.41, 5.74) is 0. The maximum atomic E-state index is 8.17. The highest BCUT2D eigenvalue weighted by molar-refractivity contribution is 7.98. The van der Waals surface area contributed by atoms with Gasteiger partial charge in [0.2, 0.25) is 0 Å². The van der Waals surface area contributed by atoms with Crippen LogP contribution in [0, 0.1) is 11.3 Å². The molecule has 0 amide bonds. The van der Waals surface area contributed by atoms with Gasteiger partial charge in [0.15, 0.2) is 0 Å². The number of halogens is 1. The summed E-state index contributed by atoms with van der Waals surface area (Å²) in [4.78, 5) is 0. The van der Waals surface area contributed by atoms with Crippen molar-refractivity contribution in [2.45, 2.75) is 11.8 Å². The molecule has 0 aromatic carbocycles. The molecule has 0 aliphatic carbocycles. The zero-order valence-electron chi connectivity index (χ0n) is 4.72. The maximum absolute atomic E-state index is 8.17. The molecule has 1 nitrogen and oxygen atoms in total. The first kappa shape index (κ1) is 8.13. The Labute approximate surface area is 59.0 Å². The first-order chi connectivity index (χ1) is 3.81. The van der Waals surface area contributed by atoms with Gasteiger partial charge in [-0.25, -0.2) is 0 Å². The van der Waals surface area contributed by atoms with E-state index in [1.54, 1.807) is 11.8 Å². The van der Waals surface area contributed by atoms with Crippen LogP contribution in [-0.2, 0) is 0 Å². The summed E-state index contributed by atoms with van der Waals surface area (Å²) in [5, 5.41) is 7.88. The molecule has 0 fully saturated rings. The Bertz CT molecular complexity index is 88.9. The molecule has 0 heterocycles. The van der Waals surface area contributed by atoms with E-state index in [-0.39, 0.29) is 5.38 Å². The molecule has 0 aromatic rings. The second-order valence-electron chi connectivity index (χ2n) is 1.38. The van der Waals surface area contributed by atoms with Gasteiger partial charge in [0.25, 0.3) is 0 Å². The zero-order chi connectivity index (χ0) is 6.41. The Balaban J connectivity index is 3.02. The van der Waals surface area contributed by atoms with Crippen LogP contribution in [-0.4, -0.2) is 17.4 Å². The second kappa shape index (κ2) is 5.27. The Morgan fingerprint density at radius 2 is 2.50 bits per heavy atom. The molecule has 0 rings (SSSR count). The van der Waals surface area contributed by atoms with Crippen molar-refractivity contribution in [2.75, 3.05) is 12.0 Å². The van der Waals surface area contributed by atoms with Gasteiger partial charge in [0.1, 0.15) is 5.38 Å². The van der Waals surface area contributed by atoms with Gasteiger partial charge in [-0.05, 0) is 18.4 Å². The summed E-state index contributed by atoms with van der Waals surface area (Å²) in [6.45, 7) is 0. The molecular formula is C5H8ClNS. The molecule has 8 heavy (non-hydrogen) atoms. The van der Waals surface area contributed by atoms with E-state index in [4.69, 9.17) is 16.9 Å². The number of nitriles is 1. The van der Waals surface area contributed by atoms with Gasteiger partial charge in [-0.15, -0.1) is 11.6 Å². The van der Waals surface area contributed by atoms with Crippen LogP contribution in [0.15, 0.2) is 0 Å². The molecule has 0 saturated heterocycles. The number of thioether (sulfide) groups is 1. The van der Waals surface area contributed by atoms with E-state index in [1.807, 2.05) is 12.3 Å². The first-order valence-corrected chi connectivity index (χ1v) is 4.17. The summed E-state index contributed by atoms with van der Waals surface area (Å²) in [6.07, 6.45) is 2.79. The van der Waals surface area contributed by atoms with Crippen LogP contribution in [0.5, 0.6) is 0 Å². The van der Waals surface area contributed by atoms with Gasteiger partial charge in [-0.2, -0.15) is 17.0 Å². The van der Waals surface area contributed by atoms with Crippen molar-refractivity contribution >= 4 is 23.4 Å².